The van der Waals surface area contributed by atoms with Gasteiger partial charge in [-0.3, -0.25) is 4.98 Å². The second kappa shape index (κ2) is 6.80. The predicted molar refractivity (Wildman–Crippen MR) is 97.3 cm³/mol. The van der Waals surface area contributed by atoms with Crippen LogP contribution < -0.4 is 5.32 Å². The van der Waals surface area contributed by atoms with Crippen molar-refractivity contribution in [1.29, 1.82) is 0 Å². The highest BCUT2D eigenvalue weighted by atomic mass is 32.1. The number of aryl methyl sites for hydroxylation is 1. The van der Waals surface area contributed by atoms with Gasteiger partial charge in [0, 0.05) is 24.5 Å². The Morgan fingerprint density at radius 2 is 2.00 bits per heavy atom. The second-order valence-corrected chi connectivity index (χ2v) is 6.47. The quantitative estimate of drug-likeness (QED) is 0.543. The molecule has 0 saturated carbocycles. The molecule has 0 bridgehead atoms. The molecule has 3 heterocycles. The van der Waals surface area contributed by atoms with Crippen LogP contribution in [-0.2, 0) is 6.42 Å². The minimum absolute atomic E-state index is 0.888. The minimum atomic E-state index is 0.888. The number of hydrogen-bond acceptors (Lipinski definition) is 5. The van der Waals surface area contributed by atoms with Gasteiger partial charge in [-0.2, -0.15) is 0 Å². The maximum Gasteiger partial charge on any atom is 0.214 e. The summed E-state index contributed by atoms with van der Waals surface area (Å²) in [5, 5.41) is 8.83. The molecule has 1 aromatic carbocycles. The first-order valence-corrected chi connectivity index (χ1v) is 8.74. The molecule has 0 aliphatic rings. The summed E-state index contributed by atoms with van der Waals surface area (Å²) in [5.74, 6) is 0. The predicted octanol–water partition coefficient (Wildman–Crippen LogP) is 3.90. The number of anilines is 1. The summed E-state index contributed by atoms with van der Waals surface area (Å²) in [6, 6.07) is 14.5. The third-order valence-electron chi connectivity index (χ3n) is 3.76. The first-order chi connectivity index (χ1) is 11.9. The van der Waals surface area contributed by atoms with Crippen molar-refractivity contribution >= 4 is 21.4 Å². The summed E-state index contributed by atoms with van der Waals surface area (Å²) >= 11 is 1.57. The number of fused-ring (bicyclic) bond motifs is 1. The second-order valence-electron chi connectivity index (χ2n) is 5.52. The maximum absolute atomic E-state index is 4.62. The number of benzene rings is 1. The van der Waals surface area contributed by atoms with E-state index in [1.54, 1.807) is 17.5 Å². The van der Waals surface area contributed by atoms with E-state index in [9.17, 15) is 0 Å². The van der Waals surface area contributed by atoms with E-state index in [4.69, 9.17) is 0 Å². The largest absolute Gasteiger partial charge is 0.360 e. The molecule has 0 saturated heterocycles. The lowest BCUT2D eigenvalue weighted by Crippen LogP contribution is -2.03. The van der Waals surface area contributed by atoms with Crippen LogP contribution in [0.5, 0.6) is 0 Å². The van der Waals surface area contributed by atoms with E-state index in [1.807, 2.05) is 35.1 Å². The van der Waals surface area contributed by atoms with Crippen molar-refractivity contribution in [2.75, 3.05) is 11.9 Å². The Morgan fingerprint density at radius 1 is 1.08 bits per heavy atom. The Bertz CT molecular complexity index is 883. The monoisotopic (exact) mass is 335 g/mol. The van der Waals surface area contributed by atoms with E-state index in [0.29, 0.717) is 0 Å². The SMILES string of the molecule is c1ccc(CCCNc2nn3cc(-c4cccnc4)nc3s2)cc1. The number of rotatable bonds is 6. The van der Waals surface area contributed by atoms with Crippen LogP contribution in [0, 0.1) is 0 Å². The summed E-state index contributed by atoms with van der Waals surface area (Å²) in [6.45, 7) is 0.904. The first-order valence-electron chi connectivity index (χ1n) is 7.93. The fraction of sp³-hybridized carbons (Fsp3) is 0.167. The van der Waals surface area contributed by atoms with Gasteiger partial charge in [0.05, 0.1) is 11.9 Å². The van der Waals surface area contributed by atoms with Crippen LogP contribution in [0.15, 0.2) is 61.1 Å². The minimum Gasteiger partial charge on any atom is -0.360 e. The zero-order valence-corrected chi connectivity index (χ0v) is 13.9. The normalized spacial score (nSPS) is 11.0. The molecular weight excluding hydrogens is 318 g/mol. The molecule has 4 rings (SSSR count). The first kappa shape index (κ1) is 14.8. The molecular formula is C18H17N5S. The molecule has 1 N–H and O–H groups in total. The Labute approximate surface area is 144 Å². The van der Waals surface area contributed by atoms with Gasteiger partial charge in [0.2, 0.25) is 10.1 Å². The van der Waals surface area contributed by atoms with Gasteiger partial charge >= 0.3 is 0 Å². The number of nitrogens with one attached hydrogen (secondary N) is 1. The van der Waals surface area contributed by atoms with Crippen LogP contribution in [0.2, 0.25) is 0 Å². The number of aromatic nitrogens is 4. The molecule has 4 aromatic rings. The molecule has 0 unspecified atom stereocenters. The molecule has 0 atom stereocenters. The molecule has 120 valence electrons. The molecule has 0 spiro atoms. The highest BCUT2D eigenvalue weighted by Crippen LogP contribution is 2.23. The number of pyridine rings is 1. The highest BCUT2D eigenvalue weighted by molar-refractivity contribution is 7.20. The van der Waals surface area contributed by atoms with E-state index in [2.05, 4.69) is 44.6 Å². The molecule has 0 aliphatic heterocycles. The van der Waals surface area contributed by atoms with Crippen LogP contribution in [0.25, 0.3) is 16.2 Å². The maximum atomic E-state index is 4.62. The number of nitrogens with zero attached hydrogens (tertiary/aromatic N) is 4. The molecule has 0 fully saturated rings. The van der Waals surface area contributed by atoms with E-state index in [0.717, 1.165) is 40.7 Å². The van der Waals surface area contributed by atoms with Gasteiger partial charge in [0.1, 0.15) is 0 Å². The summed E-state index contributed by atoms with van der Waals surface area (Å²) in [7, 11) is 0. The van der Waals surface area contributed by atoms with E-state index < -0.39 is 0 Å². The van der Waals surface area contributed by atoms with Gasteiger partial charge in [-0.05, 0) is 30.5 Å². The third kappa shape index (κ3) is 3.28. The van der Waals surface area contributed by atoms with Gasteiger partial charge in [-0.25, -0.2) is 9.50 Å². The van der Waals surface area contributed by atoms with E-state index >= 15 is 0 Å². The molecule has 5 nitrogen and oxygen atoms in total. The molecule has 0 amide bonds. The van der Waals surface area contributed by atoms with Crippen LogP contribution in [0.4, 0.5) is 5.13 Å². The third-order valence-corrected chi connectivity index (χ3v) is 4.64. The summed E-state index contributed by atoms with van der Waals surface area (Å²) < 4.78 is 1.83. The lowest BCUT2D eigenvalue weighted by molar-refractivity contribution is 0.854. The van der Waals surface area contributed by atoms with Gasteiger partial charge < -0.3 is 5.32 Å². The van der Waals surface area contributed by atoms with Gasteiger partial charge in [-0.15, -0.1) is 5.10 Å². The molecule has 3 aromatic heterocycles. The number of hydrogen-bond donors (Lipinski definition) is 1. The van der Waals surface area contributed by atoms with Crippen molar-refractivity contribution in [2.45, 2.75) is 12.8 Å². The summed E-state index contributed by atoms with van der Waals surface area (Å²) in [6.07, 6.45) is 7.67. The van der Waals surface area contributed by atoms with Crippen molar-refractivity contribution in [3.05, 3.63) is 66.6 Å². The number of imidazole rings is 1. The topological polar surface area (TPSA) is 55.1 Å². The van der Waals surface area contributed by atoms with Crippen molar-refractivity contribution in [2.24, 2.45) is 0 Å². The van der Waals surface area contributed by atoms with Crippen LogP contribution in [0.3, 0.4) is 0 Å². The average molecular weight is 335 g/mol. The molecule has 0 aliphatic carbocycles. The smallest absolute Gasteiger partial charge is 0.214 e. The Hall–Kier alpha value is -2.73. The van der Waals surface area contributed by atoms with Crippen molar-refractivity contribution in [1.82, 2.24) is 19.6 Å². The Kier molecular flexibility index (Phi) is 4.20. The average Bonchev–Trinajstić information content (AvgIpc) is 3.19. The van der Waals surface area contributed by atoms with Gasteiger partial charge in [-0.1, -0.05) is 41.7 Å². The van der Waals surface area contributed by atoms with E-state index in [-0.39, 0.29) is 0 Å². The zero-order valence-electron chi connectivity index (χ0n) is 13.1. The standard InChI is InChI=1S/C18H17N5S/c1-2-6-14(7-3-1)8-4-11-20-17-22-23-13-16(21-18(23)24-17)15-9-5-10-19-12-15/h1-3,5-7,9-10,12-13H,4,8,11H2,(H,20,22). The summed E-state index contributed by atoms with van der Waals surface area (Å²) in [4.78, 5) is 9.64. The van der Waals surface area contributed by atoms with Crippen LogP contribution >= 0.6 is 11.3 Å². The van der Waals surface area contributed by atoms with E-state index in [1.165, 1.54) is 5.56 Å². The van der Waals surface area contributed by atoms with Crippen molar-refractivity contribution in [3.8, 4) is 11.3 Å². The van der Waals surface area contributed by atoms with Crippen LogP contribution in [0.1, 0.15) is 12.0 Å². The fourth-order valence-corrected chi connectivity index (χ4v) is 3.36. The lowest BCUT2D eigenvalue weighted by Gasteiger charge is -2.02. The fourth-order valence-electron chi connectivity index (χ4n) is 2.56. The molecule has 6 heteroatoms. The molecule has 0 radical (unpaired) electrons. The molecule has 24 heavy (non-hydrogen) atoms. The van der Waals surface area contributed by atoms with Crippen molar-refractivity contribution in [3.63, 3.8) is 0 Å². The van der Waals surface area contributed by atoms with Gasteiger partial charge in [0.15, 0.2) is 0 Å². The lowest BCUT2D eigenvalue weighted by atomic mass is 10.1. The van der Waals surface area contributed by atoms with Crippen molar-refractivity contribution < 1.29 is 0 Å². The van der Waals surface area contributed by atoms with Crippen LogP contribution in [-0.4, -0.2) is 26.1 Å². The zero-order chi connectivity index (χ0) is 16.2. The Balaban J connectivity index is 1.37. The highest BCUT2D eigenvalue weighted by Gasteiger charge is 2.09. The van der Waals surface area contributed by atoms with Gasteiger partial charge in [0.25, 0.3) is 0 Å². The summed E-state index contributed by atoms with van der Waals surface area (Å²) in [5.41, 5.74) is 3.28. The Morgan fingerprint density at radius 3 is 2.79 bits per heavy atom.